The van der Waals surface area contributed by atoms with Gasteiger partial charge >= 0.3 is 5.97 Å². The number of hydrogen-bond donors (Lipinski definition) is 1. The van der Waals surface area contributed by atoms with Gasteiger partial charge in [-0.25, -0.2) is 4.79 Å². The molecule has 1 aliphatic carbocycles. The molecule has 1 heterocycles. The smallest absolute Gasteiger partial charge is 0.341 e. The second kappa shape index (κ2) is 9.17. The molecule has 1 amide bonds. The third-order valence-corrected chi connectivity index (χ3v) is 6.36. The summed E-state index contributed by atoms with van der Waals surface area (Å²) in [7, 11) is 0. The first-order chi connectivity index (χ1) is 13.9. The van der Waals surface area contributed by atoms with E-state index in [2.05, 4.69) is 12.2 Å². The summed E-state index contributed by atoms with van der Waals surface area (Å²) in [6, 6.07) is 5.88. The Labute approximate surface area is 173 Å². The second-order valence-electron chi connectivity index (χ2n) is 7.09. The average molecular weight is 416 g/mol. The number of hydrogen-bond acceptors (Lipinski definition) is 6. The Morgan fingerprint density at radius 2 is 2.00 bits per heavy atom. The molecule has 7 nitrogen and oxygen atoms in total. The van der Waals surface area contributed by atoms with Crippen molar-refractivity contribution >= 4 is 33.9 Å². The normalized spacial score (nSPS) is 15.4. The highest BCUT2D eigenvalue weighted by Crippen LogP contribution is 2.40. The van der Waals surface area contributed by atoms with Crippen LogP contribution in [0.5, 0.6) is 0 Å². The van der Waals surface area contributed by atoms with Gasteiger partial charge in [-0.3, -0.25) is 14.9 Å². The number of benzene rings is 1. The van der Waals surface area contributed by atoms with E-state index in [1.54, 1.807) is 19.1 Å². The van der Waals surface area contributed by atoms with E-state index in [9.17, 15) is 19.7 Å². The molecule has 29 heavy (non-hydrogen) atoms. The van der Waals surface area contributed by atoms with E-state index in [1.165, 1.54) is 23.5 Å². The van der Waals surface area contributed by atoms with E-state index < -0.39 is 10.9 Å². The minimum Gasteiger partial charge on any atom is -0.462 e. The minimum absolute atomic E-state index is 0.0184. The van der Waals surface area contributed by atoms with Crippen LogP contribution in [0.15, 0.2) is 24.3 Å². The van der Waals surface area contributed by atoms with Gasteiger partial charge in [-0.1, -0.05) is 25.5 Å². The quantitative estimate of drug-likeness (QED) is 0.406. The number of esters is 1. The van der Waals surface area contributed by atoms with Gasteiger partial charge in [0.25, 0.3) is 5.69 Å². The summed E-state index contributed by atoms with van der Waals surface area (Å²) in [4.78, 5) is 36.6. The zero-order chi connectivity index (χ0) is 21.0. The first kappa shape index (κ1) is 21.0. The molecular formula is C21H24N2O5S. The number of non-ortho nitro benzene ring substituents is 1. The van der Waals surface area contributed by atoms with E-state index in [1.807, 2.05) is 0 Å². The van der Waals surface area contributed by atoms with Crippen LogP contribution < -0.4 is 5.32 Å². The maximum absolute atomic E-state index is 12.6. The molecular weight excluding hydrogens is 392 g/mol. The number of nitrogens with one attached hydrogen (secondary N) is 1. The number of nitrogens with zero attached hydrogens (tertiary/aromatic N) is 1. The predicted molar refractivity (Wildman–Crippen MR) is 112 cm³/mol. The molecule has 0 saturated heterocycles. The van der Waals surface area contributed by atoms with Gasteiger partial charge in [-0.2, -0.15) is 0 Å². The van der Waals surface area contributed by atoms with Crippen molar-refractivity contribution in [2.75, 3.05) is 11.9 Å². The first-order valence-corrected chi connectivity index (χ1v) is 10.6. The van der Waals surface area contributed by atoms with Crippen LogP contribution in [0.2, 0.25) is 0 Å². The first-order valence-electron chi connectivity index (χ1n) is 9.77. The van der Waals surface area contributed by atoms with Crippen molar-refractivity contribution in [1.29, 1.82) is 0 Å². The lowest BCUT2D eigenvalue weighted by atomic mass is 9.85. The number of nitro groups is 1. The number of amides is 1. The van der Waals surface area contributed by atoms with Crippen LogP contribution in [0, 0.1) is 16.0 Å². The fourth-order valence-electron chi connectivity index (χ4n) is 3.60. The maximum atomic E-state index is 12.6. The summed E-state index contributed by atoms with van der Waals surface area (Å²) in [5, 5.41) is 14.2. The van der Waals surface area contributed by atoms with Crippen LogP contribution in [0.4, 0.5) is 10.7 Å². The molecule has 3 rings (SSSR count). The molecule has 0 bridgehead atoms. The number of ether oxygens (including phenoxy) is 1. The van der Waals surface area contributed by atoms with Crippen LogP contribution in [-0.2, 0) is 28.8 Å². The number of thiophene rings is 1. The zero-order valence-electron chi connectivity index (χ0n) is 16.5. The summed E-state index contributed by atoms with van der Waals surface area (Å²) < 4.78 is 5.23. The Morgan fingerprint density at radius 3 is 2.62 bits per heavy atom. The fourth-order valence-corrected chi connectivity index (χ4v) is 4.97. The van der Waals surface area contributed by atoms with Crippen molar-refractivity contribution < 1.29 is 19.2 Å². The number of nitro benzene ring substituents is 1. The molecule has 2 aromatic rings. The zero-order valence-corrected chi connectivity index (χ0v) is 17.3. The van der Waals surface area contributed by atoms with Gasteiger partial charge in [0.1, 0.15) is 5.00 Å². The second-order valence-corrected chi connectivity index (χ2v) is 8.20. The van der Waals surface area contributed by atoms with Crippen LogP contribution >= 0.6 is 11.3 Å². The van der Waals surface area contributed by atoms with Crippen LogP contribution in [0.1, 0.15) is 53.1 Å². The number of carbonyl (C=O) groups is 2. The van der Waals surface area contributed by atoms with E-state index in [0.29, 0.717) is 22.0 Å². The Morgan fingerprint density at radius 1 is 1.28 bits per heavy atom. The highest BCUT2D eigenvalue weighted by molar-refractivity contribution is 7.17. The molecule has 0 radical (unpaired) electrons. The van der Waals surface area contributed by atoms with Crippen molar-refractivity contribution in [2.45, 2.75) is 46.0 Å². The molecule has 1 atom stereocenters. The fraction of sp³-hybridized carbons (Fsp3) is 0.429. The molecule has 0 spiro atoms. The summed E-state index contributed by atoms with van der Waals surface area (Å²) in [5.74, 6) is -0.0690. The topological polar surface area (TPSA) is 98.5 Å². The standard InChI is InChI=1S/C21H24N2O5S/c1-3-13-7-10-16-17(11-13)29-20(19(16)21(25)28-4-2)22-18(24)12-14-5-8-15(9-6-14)23(26)27/h5-6,8-9,13H,3-4,7,10-12H2,1-2H3,(H,22,24). The largest absolute Gasteiger partial charge is 0.462 e. The summed E-state index contributed by atoms with van der Waals surface area (Å²) in [6.07, 6.45) is 3.93. The highest BCUT2D eigenvalue weighted by Gasteiger charge is 2.29. The van der Waals surface area contributed by atoms with E-state index >= 15 is 0 Å². The molecule has 1 unspecified atom stereocenters. The van der Waals surface area contributed by atoms with Crippen molar-refractivity contribution in [2.24, 2.45) is 5.92 Å². The lowest BCUT2D eigenvalue weighted by Crippen LogP contribution is -2.18. The molecule has 8 heteroatoms. The van der Waals surface area contributed by atoms with Gasteiger partial charge in [-0.15, -0.1) is 11.3 Å². The average Bonchev–Trinajstić information content (AvgIpc) is 3.05. The number of rotatable bonds is 7. The predicted octanol–water partition coefficient (Wildman–Crippen LogP) is 4.53. The van der Waals surface area contributed by atoms with Crippen molar-refractivity contribution in [1.82, 2.24) is 0 Å². The van der Waals surface area contributed by atoms with E-state index in [-0.39, 0.29) is 24.6 Å². The minimum atomic E-state index is -0.477. The highest BCUT2D eigenvalue weighted by atomic mass is 32.1. The van der Waals surface area contributed by atoms with Gasteiger partial charge in [0, 0.05) is 17.0 Å². The van der Waals surface area contributed by atoms with Crippen molar-refractivity contribution in [3.8, 4) is 0 Å². The van der Waals surface area contributed by atoms with E-state index in [4.69, 9.17) is 4.74 Å². The molecule has 1 aromatic carbocycles. The Balaban J connectivity index is 1.80. The van der Waals surface area contributed by atoms with Crippen LogP contribution in [0.3, 0.4) is 0 Å². The van der Waals surface area contributed by atoms with Gasteiger partial charge in [0.2, 0.25) is 5.91 Å². The SMILES string of the molecule is CCOC(=O)c1c(NC(=O)Cc2ccc([N+](=O)[O-])cc2)sc2c1CCC(CC)C2. The molecule has 0 aliphatic heterocycles. The molecule has 1 aliphatic rings. The Hall–Kier alpha value is -2.74. The van der Waals surface area contributed by atoms with Crippen LogP contribution in [-0.4, -0.2) is 23.4 Å². The van der Waals surface area contributed by atoms with Crippen molar-refractivity contribution in [3.05, 3.63) is 55.9 Å². The number of carbonyl (C=O) groups excluding carboxylic acids is 2. The number of anilines is 1. The van der Waals surface area contributed by atoms with Gasteiger partial charge < -0.3 is 10.1 Å². The van der Waals surface area contributed by atoms with Gasteiger partial charge in [-0.05, 0) is 43.2 Å². The summed E-state index contributed by atoms with van der Waals surface area (Å²) >= 11 is 1.46. The van der Waals surface area contributed by atoms with Gasteiger partial charge in [0.05, 0.1) is 23.5 Å². The Bertz CT molecular complexity index is 920. The lowest BCUT2D eigenvalue weighted by Gasteiger charge is -2.20. The summed E-state index contributed by atoms with van der Waals surface area (Å²) in [5.41, 5.74) is 2.13. The van der Waals surface area contributed by atoms with Crippen LogP contribution in [0.25, 0.3) is 0 Å². The molecule has 0 fully saturated rings. The third kappa shape index (κ3) is 4.82. The monoisotopic (exact) mass is 416 g/mol. The molecule has 1 N–H and O–H groups in total. The molecule has 154 valence electrons. The van der Waals surface area contributed by atoms with E-state index in [0.717, 1.165) is 36.1 Å². The Kier molecular flexibility index (Phi) is 6.64. The summed E-state index contributed by atoms with van der Waals surface area (Å²) in [6.45, 7) is 4.20. The molecule has 1 aromatic heterocycles. The third-order valence-electron chi connectivity index (χ3n) is 5.19. The van der Waals surface area contributed by atoms with Crippen molar-refractivity contribution in [3.63, 3.8) is 0 Å². The maximum Gasteiger partial charge on any atom is 0.341 e. The number of fused-ring (bicyclic) bond motifs is 1. The van der Waals surface area contributed by atoms with Gasteiger partial charge in [0.15, 0.2) is 0 Å². The molecule has 0 saturated carbocycles. The lowest BCUT2D eigenvalue weighted by molar-refractivity contribution is -0.384.